The fraction of sp³-hybridized carbons (Fsp3) is 0.350. The molecule has 2 rings (SSSR count). The van der Waals surface area contributed by atoms with E-state index in [-0.39, 0.29) is 11.2 Å². The zero-order valence-corrected chi connectivity index (χ0v) is 16.6. The molecule has 26 heavy (non-hydrogen) atoms. The van der Waals surface area contributed by atoms with E-state index in [1.807, 2.05) is 49.4 Å². The first-order valence-corrected chi connectivity index (χ1v) is 9.13. The maximum absolute atomic E-state index is 12.7. The lowest BCUT2D eigenvalue weighted by Crippen LogP contribution is -2.32. The average Bonchev–Trinajstić information content (AvgIpc) is 2.67. The number of benzene rings is 2. The number of hydrogen-bond acceptors (Lipinski definition) is 5. The Morgan fingerprint density at radius 2 is 1.65 bits per heavy atom. The fourth-order valence-electron chi connectivity index (χ4n) is 2.62. The van der Waals surface area contributed by atoms with Crippen LogP contribution < -0.4 is 14.2 Å². The molecule has 0 saturated heterocycles. The van der Waals surface area contributed by atoms with E-state index in [1.54, 1.807) is 33.3 Å². The molecule has 0 fully saturated rings. The Hall–Kier alpha value is -2.34. The van der Waals surface area contributed by atoms with Gasteiger partial charge in [-0.2, -0.15) is 0 Å². The number of carbonyl (C=O) groups is 1. The van der Waals surface area contributed by atoms with Crippen LogP contribution in [0, 0.1) is 0 Å². The van der Waals surface area contributed by atoms with Crippen molar-refractivity contribution in [1.29, 1.82) is 0 Å². The molecule has 0 N–H and O–H groups in total. The molecule has 5 nitrogen and oxygen atoms in total. The third-order valence-corrected chi connectivity index (χ3v) is 5.07. The highest BCUT2D eigenvalue weighted by Crippen LogP contribution is 2.34. The lowest BCUT2D eigenvalue weighted by atomic mass is 10.2. The molecule has 0 heterocycles. The lowest BCUT2D eigenvalue weighted by molar-refractivity contribution is -0.129. The topological polar surface area (TPSA) is 48.0 Å². The van der Waals surface area contributed by atoms with Crippen molar-refractivity contribution in [3.63, 3.8) is 0 Å². The van der Waals surface area contributed by atoms with Crippen LogP contribution in [-0.2, 0) is 11.3 Å². The summed E-state index contributed by atoms with van der Waals surface area (Å²) in [6.07, 6.45) is 0. The molecule has 0 saturated carbocycles. The van der Waals surface area contributed by atoms with E-state index in [1.165, 1.54) is 11.8 Å². The summed E-state index contributed by atoms with van der Waals surface area (Å²) in [6, 6.07) is 13.4. The van der Waals surface area contributed by atoms with Crippen molar-refractivity contribution < 1.29 is 19.0 Å². The third-order valence-electron chi connectivity index (χ3n) is 3.99. The van der Waals surface area contributed by atoms with Gasteiger partial charge in [-0.1, -0.05) is 18.2 Å². The molecule has 0 spiro atoms. The maximum Gasteiger partial charge on any atom is 0.235 e. The molecule has 1 amide bonds. The van der Waals surface area contributed by atoms with Crippen molar-refractivity contribution in [2.75, 3.05) is 28.4 Å². The highest BCUT2D eigenvalue weighted by atomic mass is 32.2. The van der Waals surface area contributed by atoms with Gasteiger partial charge in [0.25, 0.3) is 0 Å². The average molecular weight is 375 g/mol. The smallest absolute Gasteiger partial charge is 0.235 e. The number of methoxy groups -OCH3 is 3. The van der Waals surface area contributed by atoms with E-state index in [9.17, 15) is 4.79 Å². The van der Waals surface area contributed by atoms with E-state index >= 15 is 0 Å². The van der Waals surface area contributed by atoms with Crippen LogP contribution in [0.2, 0.25) is 0 Å². The molecular weight excluding hydrogens is 350 g/mol. The van der Waals surface area contributed by atoms with Crippen molar-refractivity contribution in [3.8, 4) is 17.2 Å². The van der Waals surface area contributed by atoms with Crippen molar-refractivity contribution in [2.24, 2.45) is 0 Å². The van der Waals surface area contributed by atoms with E-state index in [0.29, 0.717) is 18.0 Å². The first-order valence-electron chi connectivity index (χ1n) is 8.25. The Kier molecular flexibility index (Phi) is 7.21. The molecule has 0 aliphatic rings. The normalized spacial score (nSPS) is 11.6. The van der Waals surface area contributed by atoms with E-state index in [2.05, 4.69) is 0 Å². The van der Waals surface area contributed by atoms with E-state index < -0.39 is 0 Å². The summed E-state index contributed by atoms with van der Waals surface area (Å²) in [5.41, 5.74) is 0.981. The van der Waals surface area contributed by atoms with Crippen molar-refractivity contribution >= 4 is 17.7 Å². The Morgan fingerprint density at radius 1 is 1.00 bits per heavy atom. The third kappa shape index (κ3) is 4.85. The second-order valence-electron chi connectivity index (χ2n) is 5.78. The number of hydrogen-bond donors (Lipinski definition) is 0. The Balaban J connectivity index is 2.04. The van der Waals surface area contributed by atoms with Gasteiger partial charge in [-0.3, -0.25) is 4.79 Å². The summed E-state index contributed by atoms with van der Waals surface area (Å²) < 4.78 is 15.9. The molecule has 0 radical (unpaired) electrons. The molecule has 6 heteroatoms. The van der Waals surface area contributed by atoms with Gasteiger partial charge in [0.2, 0.25) is 5.91 Å². The summed E-state index contributed by atoms with van der Waals surface area (Å²) in [7, 11) is 6.64. The lowest BCUT2D eigenvalue weighted by Gasteiger charge is -2.22. The van der Waals surface area contributed by atoms with Crippen LogP contribution in [0.1, 0.15) is 12.5 Å². The van der Waals surface area contributed by atoms with Gasteiger partial charge < -0.3 is 19.1 Å². The number of para-hydroxylation sites is 1. The van der Waals surface area contributed by atoms with Crippen LogP contribution in [-0.4, -0.2) is 44.4 Å². The van der Waals surface area contributed by atoms with Crippen molar-refractivity contribution in [2.45, 2.75) is 23.6 Å². The first-order chi connectivity index (χ1) is 12.5. The van der Waals surface area contributed by atoms with Crippen LogP contribution >= 0.6 is 11.8 Å². The zero-order valence-electron chi connectivity index (χ0n) is 15.8. The predicted molar refractivity (Wildman–Crippen MR) is 104 cm³/mol. The number of ether oxygens (including phenoxy) is 3. The molecule has 1 atom stereocenters. The van der Waals surface area contributed by atoms with Crippen molar-refractivity contribution in [1.82, 2.24) is 4.90 Å². The van der Waals surface area contributed by atoms with Gasteiger partial charge in [-0.15, -0.1) is 11.8 Å². The van der Waals surface area contributed by atoms with Gasteiger partial charge in [-0.05, 0) is 31.2 Å². The SMILES string of the molecule is COc1ccccc1CN(C)C(=O)C(C)Sc1ccc(OC)c(OC)c1. The van der Waals surface area contributed by atoms with Crippen LogP contribution in [0.5, 0.6) is 17.2 Å². The number of rotatable bonds is 8. The minimum absolute atomic E-state index is 0.0516. The summed E-state index contributed by atoms with van der Waals surface area (Å²) in [4.78, 5) is 15.4. The Morgan fingerprint density at radius 3 is 2.31 bits per heavy atom. The fourth-order valence-corrected chi connectivity index (χ4v) is 3.63. The number of thioether (sulfide) groups is 1. The Bertz CT molecular complexity index is 750. The van der Waals surface area contributed by atoms with Crippen LogP contribution in [0.3, 0.4) is 0 Å². The predicted octanol–water partition coefficient (Wildman–Crippen LogP) is 3.85. The maximum atomic E-state index is 12.7. The first kappa shape index (κ1) is 20.0. The van der Waals surface area contributed by atoms with Crippen LogP contribution in [0.4, 0.5) is 0 Å². The van der Waals surface area contributed by atoms with Gasteiger partial charge in [0.05, 0.1) is 26.6 Å². The number of carbonyl (C=O) groups excluding carboxylic acids is 1. The highest BCUT2D eigenvalue weighted by molar-refractivity contribution is 8.00. The molecule has 1 unspecified atom stereocenters. The quantitative estimate of drug-likeness (QED) is 0.656. The van der Waals surface area contributed by atoms with Gasteiger partial charge in [-0.25, -0.2) is 0 Å². The minimum Gasteiger partial charge on any atom is -0.496 e. The monoisotopic (exact) mass is 375 g/mol. The molecule has 2 aromatic carbocycles. The summed E-state index contributed by atoms with van der Waals surface area (Å²) in [5, 5.41) is -0.229. The largest absolute Gasteiger partial charge is 0.496 e. The minimum atomic E-state index is -0.229. The Labute approximate surface area is 159 Å². The van der Waals surface area contributed by atoms with Crippen LogP contribution in [0.15, 0.2) is 47.4 Å². The molecular formula is C20H25NO4S. The van der Waals surface area contributed by atoms with Crippen molar-refractivity contribution in [3.05, 3.63) is 48.0 Å². The zero-order chi connectivity index (χ0) is 19.1. The molecule has 0 aliphatic heterocycles. The summed E-state index contributed by atoms with van der Waals surface area (Å²) >= 11 is 1.49. The van der Waals surface area contributed by atoms with Crippen LogP contribution in [0.25, 0.3) is 0 Å². The highest BCUT2D eigenvalue weighted by Gasteiger charge is 2.20. The summed E-state index contributed by atoms with van der Waals surface area (Å²) in [5.74, 6) is 2.16. The van der Waals surface area contributed by atoms with E-state index in [4.69, 9.17) is 14.2 Å². The molecule has 0 bridgehead atoms. The van der Waals surface area contributed by atoms with Gasteiger partial charge >= 0.3 is 0 Å². The molecule has 0 aliphatic carbocycles. The van der Waals surface area contributed by atoms with E-state index in [0.717, 1.165) is 16.2 Å². The summed E-state index contributed by atoms with van der Waals surface area (Å²) in [6.45, 7) is 2.40. The molecule has 0 aromatic heterocycles. The standard InChI is InChI=1S/C20H25NO4S/c1-14(26-16-10-11-18(24-4)19(12-16)25-5)20(22)21(2)13-15-8-6-7-9-17(15)23-3/h6-12,14H,13H2,1-5H3. The number of amides is 1. The molecule has 140 valence electrons. The second kappa shape index (κ2) is 9.38. The van der Waals surface area contributed by atoms with Gasteiger partial charge in [0, 0.05) is 24.1 Å². The van der Waals surface area contributed by atoms with Gasteiger partial charge in [0.1, 0.15) is 5.75 Å². The van der Waals surface area contributed by atoms with Gasteiger partial charge in [0.15, 0.2) is 11.5 Å². The number of nitrogens with zero attached hydrogens (tertiary/aromatic N) is 1. The molecule has 2 aromatic rings. The second-order valence-corrected chi connectivity index (χ2v) is 7.20.